The van der Waals surface area contributed by atoms with Crippen LogP contribution in [0.2, 0.25) is 0 Å². The molecule has 2 N–H and O–H groups in total. The number of hydrogen-bond acceptors (Lipinski definition) is 3. The fourth-order valence-electron chi connectivity index (χ4n) is 2.55. The minimum atomic E-state index is -1.34. The Labute approximate surface area is 117 Å². The van der Waals surface area contributed by atoms with Crippen molar-refractivity contribution in [1.82, 2.24) is 5.32 Å². The first-order valence-corrected chi connectivity index (χ1v) is 6.76. The number of aliphatic hydroxyl groups excluding tert-OH is 1. The van der Waals surface area contributed by atoms with Crippen LogP contribution in [0.5, 0.6) is 0 Å². The lowest BCUT2D eigenvalue weighted by Gasteiger charge is -2.41. The molecule has 5 heteroatoms. The molecule has 1 aliphatic rings. The van der Waals surface area contributed by atoms with E-state index in [1.54, 1.807) is 7.11 Å². The van der Waals surface area contributed by atoms with Crippen LogP contribution >= 0.6 is 0 Å². The van der Waals surface area contributed by atoms with E-state index in [0.29, 0.717) is 13.2 Å². The van der Waals surface area contributed by atoms with Crippen molar-refractivity contribution in [1.29, 1.82) is 0 Å². The zero-order chi connectivity index (χ0) is 14.6. The maximum Gasteiger partial charge on any atom is 0.253 e. The summed E-state index contributed by atoms with van der Waals surface area (Å²) in [5.41, 5.74) is 0.253. The third-order valence-electron chi connectivity index (χ3n) is 3.92. The Morgan fingerprint density at radius 3 is 2.85 bits per heavy atom. The summed E-state index contributed by atoms with van der Waals surface area (Å²) in [6, 6.07) is 5.44. The van der Waals surface area contributed by atoms with Crippen LogP contribution in [-0.2, 0) is 9.53 Å². The van der Waals surface area contributed by atoms with Gasteiger partial charge in [-0.2, -0.15) is 0 Å². The van der Waals surface area contributed by atoms with E-state index in [2.05, 4.69) is 5.32 Å². The molecule has 0 aromatic heterocycles. The van der Waals surface area contributed by atoms with Gasteiger partial charge in [-0.05, 0) is 30.5 Å². The van der Waals surface area contributed by atoms with Gasteiger partial charge in [0, 0.05) is 19.1 Å². The largest absolute Gasteiger partial charge is 0.384 e. The van der Waals surface area contributed by atoms with E-state index in [9.17, 15) is 14.3 Å². The van der Waals surface area contributed by atoms with Gasteiger partial charge in [-0.1, -0.05) is 18.6 Å². The Hall–Kier alpha value is -1.46. The normalized spacial score (nSPS) is 18.1. The summed E-state index contributed by atoms with van der Waals surface area (Å²) in [4.78, 5) is 11.9. The molecular weight excluding hydrogens is 261 g/mol. The quantitative estimate of drug-likeness (QED) is 0.836. The van der Waals surface area contributed by atoms with E-state index in [1.165, 1.54) is 24.3 Å². The van der Waals surface area contributed by atoms with Gasteiger partial charge < -0.3 is 15.2 Å². The second-order valence-corrected chi connectivity index (χ2v) is 5.46. The lowest BCUT2D eigenvalue weighted by atomic mass is 9.69. The Morgan fingerprint density at radius 1 is 1.55 bits per heavy atom. The van der Waals surface area contributed by atoms with Crippen molar-refractivity contribution in [3.8, 4) is 0 Å². The van der Waals surface area contributed by atoms with Crippen molar-refractivity contribution in [3.05, 3.63) is 35.6 Å². The van der Waals surface area contributed by atoms with E-state index >= 15 is 0 Å². The third kappa shape index (κ3) is 3.35. The lowest BCUT2D eigenvalue weighted by molar-refractivity contribution is -0.130. The van der Waals surface area contributed by atoms with Gasteiger partial charge in [0.05, 0.1) is 6.61 Å². The fourth-order valence-corrected chi connectivity index (χ4v) is 2.55. The van der Waals surface area contributed by atoms with E-state index < -0.39 is 17.8 Å². The number of aliphatic hydroxyl groups is 1. The summed E-state index contributed by atoms with van der Waals surface area (Å²) >= 11 is 0. The number of carbonyl (C=O) groups is 1. The van der Waals surface area contributed by atoms with Crippen molar-refractivity contribution in [3.63, 3.8) is 0 Å². The average Bonchev–Trinajstić information content (AvgIpc) is 2.40. The average molecular weight is 281 g/mol. The SMILES string of the molecule is COCC1(CNC(=O)C(O)c2cccc(F)c2)CCC1. The standard InChI is InChI=1S/C15H20FNO3/c1-20-10-15(6-3-7-15)9-17-14(19)13(18)11-4-2-5-12(16)8-11/h2,4-5,8,13,18H,3,6-7,9-10H2,1H3,(H,17,19). The van der Waals surface area contributed by atoms with E-state index in [1.807, 2.05) is 0 Å². The predicted molar refractivity (Wildman–Crippen MR) is 72.5 cm³/mol. The molecule has 0 saturated heterocycles. The molecule has 1 unspecified atom stereocenters. The van der Waals surface area contributed by atoms with Gasteiger partial charge in [0.25, 0.3) is 5.91 Å². The molecular formula is C15H20FNO3. The molecule has 1 fully saturated rings. The zero-order valence-corrected chi connectivity index (χ0v) is 11.6. The molecule has 1 saturated carbocycles. The monoisotopic (exact) mass is 281 g/mol. The predicted octanol–water partition coefficient (Wildman–Crippen LogP) is 1.79. The number of halogens is 1. The minimum absolute atomic E-state index is 0.00787. The molecule has 4 nitrogen and oxygen atoms in total. The molecule has 1 amide bonds. The summed E-state index contributed by atoms with van der Waals surface area (Å²) in [6.07, 6.45) is 1.81. The van der Waals surface area contributed by atoms with Crippen LogP contribution < -0.4 is 5.32 Å². The Bertz CT molecular complexity index is 474. The number of methoxy groups -OCH3 is 1. The molecule has 0 bridgehead atoms. The summed E-state index contributed by atoms with van der Waals surface area (Å²) in [6.45, 7) is 1.08. The number of amides is 1. The highest BCUT2D eigenvalue weighted by Crippen LogP contribution is 2.40. The van der Waals surface area contributed by atoms with Gasteiger partial charge in [0.15, 0.2) is 6.10 Å². The van der Waals surface area contributed by atoms with Gasteiger partial charge in [-0.25, -0.2) is 4.39 Å². The second-order valence-electron chi connectivity index (χ2n) is 5.46. The second kappa shape index (κ2) is 6.33. The number of carbonyl (C=O) groups excluding carboxylic acids is 1. The van der Waals surface area contributed by atoms with Crippen LogP contribution in [0, 0.1) is 11.2 Å². The van der Waals surface area contributed by atoms with Gasteiger partial charge in [-0.15, -0.1) is 0 Å². The van der Waals surface area contributed by atoms with Crippen LogP contribution in [0.3, 0.4) is 0 Å². The highest BCUT2D eigenvalue weighted by molar-refractivity contribution is 5.81. The number of ether oxygens (including phenoxy) is 1. The minimum Gasteiger partial charge on any atom is -0.384 e. The van der Waals surface area contributed by atoms with Crippen molar-refractivity contribution in [2.45, 2.75) is 25.4 Å². The molecule has 20 heavy (non-hydrogen) atoms. The molecule has 0 radical (unpaired) electrons. The molecule has 1 atom stereocenters. The lowest BCUT2D eigenvalue weighted by Crippen LogP contribution is -2.46. The molecule has 1 aromatic carbocycles. The maximum absolute atomic E-state index is 13.1. The topological polar surface area (TPSA) is 58.6 Å². The van der Waals surface area contributed by atoms with Crippen molar-refractivity contribution >= 4 is 5.91 Å². The van der Waals surface area contributed by atoms with Crippen molar-refractivity contribution < 1.29 is 19.0 Å². The molecule has 0 spiro atoms. The smallest absolute Gasteiger partial charge is 0.253 e. The first-order valence-electron chi connectivity index (χ1n) is 6.76. The molecule has 1 aliphatic carbocycles. The van der Waals surface area contributed by atoms with Gasteiger partial charge >= 0.3 is 0 Å². The number of rotatable bonds is 6. The summed E-state index contributed by atoms with van der Waals surface area (Å²) in [7, 11) is 1.64. The van der Waals surface area contributed by atoms with Crippen LogP contribution in [0.25, 0.3) is 0 Å². The first kappa shape index (κ1) is 14.9. The van der Waals surface area contributed by atoms with Crippen LogP contribution in [0.15, 0.2) is 24.3 Å². The zero-order valence-electron chi connectivity index (χ0n) is 11.6. The van der Waals surface area contributed by atoms with Gasteiger partial charge in [-0.3, -0.25) is 4.79 Å². The summed E-state index contributed by atoms with van der Waals surface area (Å²) in [5.74, 6) is -0.970. The first-order chi connectivity index (χ1) is 9.56. The van der Waals surface area contributed by atoms with E-state index in [0.717, 1.165) is 19.3 Å². The number of nitrogens with one attached hydrogen (secondary N) is 1. The molecule has 0 heterocycles. The molecule has 1 aromatic rings. The molecule has 2 rings (SSSR count). The fraction of sp³-hybridized carbons (Fsp3) is 0.533. The Kier molecular flexibility index (Phi) is 4.73. The van der Waals surface area contributed by atoms with Crippen LogP contribution in [-0.4, -0.2) is 31.3 Å². The number of benzene rings is 1. The van der Waals surface area contributed by atoms with E-state index in [4.69, 9.17) is 4.74 Å². The molecule has 0 aliphatic heterocycles. The highest BCUT2D eigenvalue weighted by Gasteiger charge is 2.37. The maximum atomic E-state index is 13.1. The number of hydrogen-bond donors (Lipinski definition) is 2. The summed E-state index contributed by atoms with van der Waals surface area (Å²) < 4.78 is 18.2. The van der Waals surface area contributed by atoms with Gasteiger partial charge in [0.2, 0.25) is 0 Å². The van der Waals surface area contributed by atoms with Gasteiger partial charge in [0.1, 0.15) is 5.82 Å². The van der Waals surface area contributed by atoms with E-state index in [-0.39, 0.29) is 11.0 Å². The molecule has 110 valence electrons. The Morgan fingerprint density at radius 2 is 2.30 bits per heavy atom. The van der Waals surface area contributed by atoms with Crippen LogP contribution in [0.1, 0.15) is 30.9 Å². The summed E-state index contributed by atoms with van der Waals surface area (Å²) in [5, 5.41) is 12.7. The highest BCUT2D eigenvalue weighted by atomic mass is 19.1. The van der Waals surface area contributed by atoms with Crippen molar-refractivity contribution in [2.75, 3.05) is 20.3 Å². The van der Waals surface area contributed by atoms with Crippen LogP contribution in [0.4, 0.5) is 4.39 Å². The Balaban J connectivity index is 1.91. The van der Waals surface area contributed by atoms with Crippen molar-refractivity contribution in [2.24, 2.45) is 5.41 Å². The third-order valence-corrected chi connectivity index (χ3v) is 3.92.